The van der Waals surface area contributed by atoms with Crippen molar-refractivity contribution in [2.75, 3.05) is 127 Å². The van der Waals surface area contributed by atoms with Gasteiger partial charge < -0.3 is 55.2 Å². The zero-order valence-corrected chi connectivity index (χ0v) is 81.7. The van der Waals surface area contributed by atoms with Crippen molar-refractivity contribution in [1.29, 1.82) is 0 Å². The normalized spacial score (nSPS) is 22.4. The minimum Gasteiger partial charge on any atom is -0.381 e. The second-order valence-corrected chi connectivity index (χ2v) is 40.9. The predicted octanol–water partition coefficient (Wildman–Crippen LogP) is 22.6. The van der Waals surface area contributed by atoms with Gasteiger partial charge in [0.1, 0.15) is 17.5 Å². The number of ketones is 3. The van der Waals surface area contributed by atoms with Gasteiger partial charge in [-0.05, 0) is 311 Å². The van der Waals surface area contributed by atoms with Crippen molar-refractivity contribution >= 4 is 121 Å². The summed E-state index contributed by atoms with van der Waals surface area (Å²) in [6, 6.07) is 40.6. The van der Waals surface area contributed by atoms with E-state index in [9.17, 15) is 46.7 Å². The van der Waals surface area contributed by atoms with Crippen LogP contribution in [0.25, 0.3) is 6.08 Å². The third-order valence-corrected chi connectivity index (χ3v) is 30.6. The molecule has 8 fully saturated rings. The molecule has 0 bridgehead atoms. The maximum atomic E-state index is 13.2. The van der Waals surface area contributed by atoms with E-state index in [0.29, 0.717) is 108 Å². The number of ether oxygens (including phenoxy) is 2. The third-order valence-electron chi connectivity index (χ3n) is 27.3. The second kappa shape index (κ2) is 51.4. The fourth-order valence-electron chi connectivity index (χ4n) is 20.3. The van der Waals surface area contributed by atoms with Gasteiger partial charge in [-0.3, -0.25) is 29.8 Å². The Kier molecular flexibility index (Phi) is 39.3. The number of nitrogens with one attached hydrogen (secondary N) is 6. The number of likely N-dealkylation sites (tertiary alicyclic amines) is 5. The lowest BCUT2D eigenvalue weighted by molar-refractivity contribution is -0.127. The molecule has 134 heavy (non-hydrogen) atoms. The number of urea groups is 3. The number of halogens is 6. The number of carbonyl (C=O) groups excluding carboxylic acids is 7. The lowest BCUT2D eigenvalue weighted by Crippen LogP contribution is -2.53. The van der Waals surface area contributed by atoms with Gasteiger partial charge in [-0.1, -0.05) is 137 Å². The SMILES string of the molecule is CC(=O)c1cccc(NC(=O)N[C@@H]2CCCC[C@H]2CN2CCC[C@@H](Cc3ccc(F)cc3)C2)c1.CC(=O)c1sc(NC(=O)N[C@@H]2CCCO[C@H]2CN2CCC[C@@H](Cc3ccc(F)cc3)C2)nc1C.CC(=O)c1sc(NC(=O)N[C@@H]2CCOC[C@H]2CN2CCC[C@@H](Cc3ccc(F)cc3)C2)nc1C.O=C(/C=C/c1ccc(Cl)c(Cl)c1)N1CCC(CN2CCC(c3ccc(Cl)cc3)CC2)CC1.[HH].[HH].[HH].[HH].[HH].[HH]. The van der Waals surface area contributed by atoms with Crippen LogP contribution in [-0.2, 0) is 33.5 Å². The Morgan fingerprint density at radius 1 is 0.463 bits per heavy atom. The molecule has 8 aromatic rings. The lowest BCUT2D eigenvalue weighted by Gasteiger charge is -2.39. The van der Waals surface area contributed by atoms with Crippen LogP contribution in [0.3, 0.4) is 0 Å². The minimum atomic E-state index is -0.322. The zero-order chi connectivity index (χ0) is 94.6. The number of amides is 7. The quantitative estimate of drug-likeness (QED) is 0.0218. The Labute approximate surface area is 819 Å². The maximum absolute atomic E-state index is 13.2. The summed E-state index contributed by atoms with van der Waals surface area (Å²) in [5, 5.41) is 20.5. The maximum Gasteiger partial charge on any atom is 0.321 e. The van der Waals surface area contributed by atoms with E-state index in [1.54, 1.807) is 68.5 Å². The highest BCUT2D eigenvalue weighted by molar-refractivity contribution is 7.18. The van der Waals surface area contributed by atoms with Crippen LogP contribution in [0.15, 0.2) is 146 Å². The van der Waals surface area contributed by atoms with Gasteiger partial charge in [-0.15, -0.1) is 0 Å². The van der Waals surface area contributed by atoms with Gasteiger partial charge in [0.2, 0.25) is 5.91 Å². The first-order valence-electron chi connectivity index (χ1n) is 48.0. The third kappa shape index (κ3) is 32.3. The summed E-state index contributed by atoms with van der Waals surface area (Å²) in [4.78, 5) is 107. The summed E-state index contributed by atoms with van der Waals surface area (Å²) in [6.07, 6.45) is 24.8. The molecular formula is C104H143Cl3F3N13O9S2. The fourth-order valence-corrected chi connectivity index (χ4v) is 22.4. The summed E-state index contributed by atoms with van der Waals surface area (Å²) in [7, 11) is 0. The van der Waals surface area contributed by atoms with Crippen molar-refractivity contribution in [1.82, 2.24) is 50.4 Å². The van der Waals surface area contributed by atoms with Gasteiger partial charge in [0.25, 0.3) is 0 Å². The average Bonchev–Trinajstić information content (AvgIpc) is 1.72. The highest BCUT2D eigenvalue weighted by Gasteiger charge is 2.36. The number of hydrogen-bond donors (Lipinski definition) is 6. The highest BCUT2D eigenvalue weighted by Crippen LogP contribution is 2.35. The number of aromatic nitrogens is 2. The molecule has 0 radical (unpaired) electrons. The Balaban J connectivity index is 0.000000250. The molecule has 8 aliphatic rings. The van der Waals surface area contributed by atoms with E-state index >= 15 is 0 Å². The number of aryl methyl sites for hydroxylation is 2. The molecular weight excluding hydrogens is 1800 g/mol. The van der Waals surface area contributed by atoms with Crippen LogP contribution in [0.4, 0.5) is 43.5 Å². The molecule has 9 atom stereocenters. The number of nitrogens with zero attached hydrogens (tertiary/aromatic N) is 7. The number of thiazole rings is 2. The van der Waals surface area contributed by atoms with Gasteiger partial charge in [0, 0.05) is 135 Å². The topological polar surface area (TPSA) is 252 Å². The first-order valence-corrected chi connectivity index (χ1v) is 50.7. The number of rotatable bonds is 26. The van der Waals surface area contributed by atoms with Gasteiger partial charge in [0.15, 0.2) is 27.6 Å². The minimum absolute atomic E-state index is 0. The summed E-state index contributed by atoms with van der Waals surface area (Å²) in [5.41, 5.74) is 8.34. The molecule has 2 aromatic heterocycles. The molecule has 732 valence electrons. The van der Waals surface area contributed by atoms with Crippen LogP contribution in [0.5, 0.6) is 0 Å². The average molecular weight is 1950 g/mol. The van der Waals surface area contributed by atoms with Crippen LogP contribution in [-0.4, -0.2) is 211 Å². The van der Waals surface area contributed by atoms with Gasteiger partial charge in [0.05, 0.1) is 49.9 Å². The highest BCUT2D eigenvalue weighted by atomic mass is 35.5. The fraction of sp³-hybridized carbons (Fsp3) is 0.510. The molecule has 6 N–H and O–H groups in total. The molecule has 7 amide bonds. The van der Waals surface area contributed by atoms with Gasteiger partial charge in [-0.2, -0.15) is 0 Å². The molecule has 9 heterocycles. The van der Waals surface area contributed by atoms with Crippen LogP contribution < -0.4 is 31.9 Å². The van der Waals surface area contributed by atoms with E-state index in [0.717, 1.165) is 186 Å². The predicted molar refractivity (Wildman–Crippen MR) is 543 cm³/mol. The largest absolute Gasteiger partial charge is 0.381 e. The van der Waals surface area contributed by atoms with Crippen molar-refractivity contribution in [3.8, 4) is 0 Å². The molecule has 7 saturated heterocycles. The molecule has 1 saturated carbocycles. The summed E-state index contributed by atoms with van der Waals surface area (Å²) in [5.74, 6) is 2.99. The summed E-state index contributed by atoms with van der Waals surface area (Å²) in [6.45, 7) is 24.0. The number of benzene rings is 6. The zero-order valence-electron chi connectivity index (χ0n) is 77.8. The van der Waals surface area contributed by atoms with Crippen molar-refractivity contribution in [3.05, 3.63) is 233 Å². The van der Waals surface area contributed by atoms with E-state index in [2.05, 4.69) is 73.6 Å². The summed E-state index contributed by atoms with van der Waals surface area (Å²) >= 11 is 20.4. The van der Waals surface area contributed by atoms with Crippen molar-refractivity contribution in [2.24, 2.45) is 35.5 Å². The lowest BCUT2D eigenvalue weighted by atomic mass is 9.83. The van der Waals surface area contributed by atoms with E-state index < -0.39 is 0 Å². The molecule has 6 aromatic carbocycles. The van der Waals surface area contributed by atoms with Crippen molar-refractivity contribution < 1.29 is 64.8 Å². The van der Waals surface area contributed by atoms with Crippen LogP contribution >= 0.6 is 57.5 Å². The molecule has 22 nitrogen and oxygen atoms in total. The smallest absolute Gasteiger partial charge is 0.321 e. The van der Waals surface area contributed by atoms with E-state index in [-0.39, 0.29) is 97.5 Å². The van der Waals surface area contributed by atoms with Crippen LogP contribution in [0.1, 0.15) is 213 Å². The Hall–Kier alpha value is -8.97. The Morgan fingerprint density at radius 3 is 1.49 bits per heavy atom. The van der Waals surface area contributed by atoms with E-state index in [1.807, 2.05) is 65.6 Å². The number of Topliss-reactive ketones (excluding diaryl/α,β-unsaturated/α-hetero) is 3. The Bertz CT molecular complexity index is 5070. The van der Waals surface area contributed by atoms with Crippen LogP contribution in [0.2, 0.25) is 15.1 Å². The number of piperidine rings is 5. The standard InChI is InChI=1S/C28H36FN3O2.C26H29Cl3N2O.2C25H33FN4O3S.6H2/c1-20(33)23-8-4-9-26(17-23)30-28(34)31-27-10-3-2-7-24(27)19-32-15-5-6-22(18-32)16-21-11-13-25(29)14-12-21;27-23-5-3-21(4-6-23)22-11-13-30(14-12-22)18-20-9-15-31(16-10-20)26(32)8-2-19-1-7-24(28)25(29)17-19;1-16-23(17(2)31)34-25(27-16)29-24(32)28-21-6-4-12-33-22(21)15-30-11-3-5-19(14-30)13-18-7-9-20(26)10-8-18;1-16-23(17(2)31)34-25(27-16)29-24(32)28-22-9-11-33-15-20(22)14-30-10-3-4-19(13-30)12-18-5-7-21(26)8-6-18;;;;;;/h4,8-9,11-14,17,22,24,27H,2-3,5-7,10,15-16,18-19H2,1H3,(H2,30,31,34);1-8,17,20,22H,9-16,18H2;7-10,19,21-22H,3-6,11-15H2,1-2H3,(H2,27,28,29,32);5-8,19-20,22H,3-4,9-15H2,1-2H3,(H2,27,28,29,32);6*1H/b;8-2+;;;;;;;;/t22-,24-,27+;;19-,21+,22-;19-,20+,22+;;;;;;/m0.00....../s1. The van der Waals surface area contributed by atoms with Gasteiger partial charge in [-0.25, -0.2) is 37.5 Å². The first-order chi connectivity index (χ1) is 64.7. The number of hydrogen-bond acceptors (Lipinski definition) is 17. The number of carbonyl (C=O) groups is 7. The first kappa shape index (κ1) is 102. The number of anilines is 3. The van der Waals surface area contributed by atoms with Gasteiger partial charge >= 0.3 is 18.1 Å². The molecule has 16 rings (SSSR count). The molecule has 30 heteroatoms. The Morgan fingerprint density at radius 2 is 0.963 bits per heavy atom. The molecule has 1 aliphatic carbocycles. The monoisotopic (exact) mass is 1940 g/mol. The van der Waals surface area contributed by atoms with Crippen LogP contribution in [0, 0.1) is 66.8 Å². The van der Waals surface area contributed by atoms with Crippen molar-refractivity contribution in [3.63, 3.8) is 0 Å². The molecule has 0 spiro atoms. The molecule has 0 unspecified atom stereocenters. The van der Waals surface area contributed by atoms with E-state index in [4.69, 9.17) is 44.3 Å². The molecule has 7 aliphatic heterocycles. The van der Waals surface area contributed by atoms with Crippen molar-refractivity contribution in [2.45, 2.75) is 193 Å². The summed E-state index contributed by atoms with van der Waals surface area (Å²) < 4.78 is 51.5. The van der Waals surface area contributed by atoms with E-state index in [1.165, 1.54) is 135 Å². The second-order valence-electron chi connectivity index (χ2n) is 37.6.